The predicted octanol–water partition coefficient (Wildman–Crippen LogP) is 2.01. The number of aromatic hydroxyl groups is 1. The van der Waals surface area contributed by atoms with Gasteiger partial charge in [-0.3, -0.25) is 4.79 Å². The first kappa shape index (κ1) is 10.4. The van der Waals surface area contributed by atoms with Crippen molar-refractivity contribution in [1.29, 1.82) is 0 Å². The molecule has 0 aliphatic heterocycles. The lowest BCUT2D eigenvalue weighted by Crippen LogP contribution is -2.12. The van der Waals surface area contributed by atoms with Crippen LogP contribution in [0.1, 0.15) is 22.8 Å². The van der Waals surface area contributed by atoms with Gasteiger partial charge in [0.1, 0.15) is 16.9 Å². The average Bonchev–Trinajstić information content (AvgIpc) is 2.19. The summed E-state index contributed by atoms with van der Waals surface area (Å²) in [5.74, 6) is -0.808. The van der Waals surface area contributed by atoms with Crippen LogP contribution in [-0.4, -0.2) is 10.9 Å². The number of carbonyl (C=O) groups excluding carboxylic acids is 1. The zero-order valence-corrected chi connectivity index (χ0v) is 8.90. The minimum Gasteiger partial charge on any atom is -0.506 e. The average molecular weight is 218 g/mol. The van der Waals surface area contributed by atoms with Crippen molar-refractivity contribution < 1.29 is 14.3 Å². The van der Waals surface area contributed by atoms with Gasteiger partial charge in [0.15, 0.2) is 5.78 Å². The van der Waals surface area contributed by atoms with Gasteiger partial charge in [0.25, 0.3) is 0 Å². The third-order valence-corrected chi connectivity index (χ3v) is 2.45. The fraction of sp³-hybridized carbons (Fsp3) is 0.167. The highest BCUT2D eigenvalue weighted by Gasteiger charge is 2.17. The van der Waals surface area contributed by atoms with E-state index in [1.54, 1.807) is 25.1 Å². The summed E-state index contributed by atoms with van der Waals surface area (Å²) in [5.41, 5.74) is -0.0418. The Morgan fingerprint density at radius 3 is 2.69 bits per heavy atom. The topological polar surface area (TPSA) is 67.5 Å². The Morgan fingerprint density at radius 1 is 1.38 bits per heavy atom. The first-order valence-electron chi connectivity index (χ1n) is 4.78. The van der Waals surface area contributed by atoms with Crippen LogP contribution in [0.15, 0.2) is 27.4 Å². The lowest BCUT2D eigenvalue weighted by atomic mass is 10.1. The highest BCUT2D eigenvalue weighted by Crippen LogP contribution is 2.28. The standard InChI is InChI=1S/C12H10O4/c1-6-4-3-5-8-10(14)9(7(2)13)12(15)16-11(6)8/h3-5,14H,1-2H3. The molecule has 2 aromatic rings. The first-order valence-corrected chi connectivity index (χ1v) is 4.78. The summed E-state index contributed by atoms with van der Waals surface area (Å²) in [6, 6.07) is 5.09. The monoisotopic (exact) mass is 218 g/mol. The molecule has 1 aromatic carbocycles. The Morgan fingerprint density at radius 2 is 2.06 bits per heavy atom. The van der Waals surface area contributed by atoms with Crippen LogP contribution < -0.4 is 5.63 Å². The fourth-order valence-electron chi connectivity index (χ4n) is 1.66. The lowest BCUT2D eigenvalue weighted by Gasteiger charge is -2.05. The number of Topliss-reactive ketones (excluding diaryl/α,β-unsaturated/α-hetero) is 1. The van der Waals surface area contributed by atoms with Crippen LogP contribution in [0.3, 0.4) is 0 Å². The molecule has 4 nitrogen and oxygen atoms in total. The van der Waals surface area contributed by atoms with Gasteiger partial charge >= 0.3 is 5.63 Å². The zero-order chi connectivity index (χ0) is 11.9. The minimum absolute atomic E-state index is 0.293. The number of carbonyl (C=O) groups is 1. The zero-order valence-electron chi connectivity index (χ0n) is 8.90. The molecule has 16 heavy (non-hydrogen) atoms. The Hall–Kier alpha value is -2.10. The predicted molar refractivity (Wildman–Crippen MR) is 58.9 cm³/mol. The van der Waals surface area contributed by atoms with Crippen LogP contribution in [-0.2, 0) is 0 Å². The van der Waals surface area contributed by atoms with Gasteiger partial charge in [0.05, 0.1) is 5.39 Å². The lowest BCUT2D eigenvalue weighted by molar-refractivity contribution is 0.101. The molecule has 0 saturated heterocycles. The molecule has 4 heteroatoms. The quantitative estimate of drug-likeness (QED) is 0.587. The summed E-state index contributed by atoms with van der Waals surface area (Å²) < 4.78 is 5.03. The van der Waals surface area contributed by atoms with E-state index in [-0.39, 0.29) is 11.3 Å². The summed E-state index contributed by atoms with van der Waals surface area (Å²) in [6.45, 7) is 2.98. The van der Waals surface area contributed by atoms with Crippen LogP contribution in [0.4, 0.5) is 0 Å². The second-order valence-electron chi connectivity index (χ2n) is 3.62. The van der Waals surface area contributed by atoms with Crippen molar-refractivity contribution in [3.8, 4) is 5.75 Å². The number of rotatable bonds is 1. The van der Waals surface area contributed by atoms with E-state index in [0.717, 1.165) is 5.56 Å². The molecule has 0 unspecified atom stereocenters. The Balaban J connectivity index is 3.01. The van der Waals surface area contributed by atoms with Gasteiger partial charge in [0, 0.05) is 0 Å². The second kappa shape index (κ2) is 3.48. The fourth-order valence-corrected chi connectivity index (χ4v) is 1.66. The van der Waals surface area contributed by atoms with Crippen LogP contribution in [0.5, 0.6) is 5.75 Å². The summed E-state index contributed by atoms with van der Waals surface area (Å²) in [4.78, 5) is 22.7. The van der Waals surface area contributed by atoms with Gasteiger partial charge in [-0.2, -0.15) is 0 Å². The largest absolute Gasteiger partial charge is 0.506 e. The second-order valence-corrected chi connectivity index (χ2v) is 3.62. The van der Waals surface area contributed by atoms with Crippen molar-refractivity contribution in [2.24, 2.45) is 0 Å². The molecular formula is C12H10O4. The van der Waals surface area contributed by atoms with Gasteiger partial charge in [-0.1, -0.05) is 12.1 Å². The molecule has 0 amide bonds. The SMILES string of the molecule is CC(=O)c1c(O)c2cccc(C)c2oc1=O. The van der Waals surface area contributed by atoms with E-state index < -0.39 is 11.4 Å². The van der Waals surface area contributed by atoms with E-state index >= 15 is 0 Å². The molecule has 0 aliphatic carbocycles. The number of para-hydroxylation sites is 1. The first-order chi connectivity index (χ1) is 7.52. The maximum absolute atomic E-state index is 11.5. The van der Waals surface area contributed by atoms with Gasteiger partial charge < -0.3 is 9.52 Å². The van der Waals surface area contributed by atoms with E-state index in [0.29, 0.717) is 11.0 Å². The number of ketones is 1. The van der Waals surface area contributed by atoms with Crippen LogP contribution in [0, 0.1) is 6.92 Å². The van der Waals surface area contributed by atoms with Crippen molar-refractivity contribution in [3.63, 3.8) is 0 Å². The van der Waals surface area contributed by atoms with E-state index in [2.05, 4.69) is 0 Å². The molecule has 0 fully saturated rings. The number of benzene rings is 1. The molecule has 0 radical (unpaired) electrons. The van der Waals surface area contributed by atoms with Gasteiger partial charge in [0.2, 0.25) is 0 Å². The van der Waals surface area contributed by atoms with Gasteiger partial charge in [-0.25, -0.2) is 4.79 Å². The molecule has 1 N–H and O–H groups in total. The molecule has 0 saturated carbocycles. The van der Waals surface area contributed by atoms with Crippen molar-refractivity contribution in [1.82, 2.24) is 0 Å². The highest BCUT2D eigenvalue weighted by atomic mass is 16.4. The summed E-state index contributed by atoms with van der Waals surface area (Å²) in [7, 11) is 0. The Bertz CT molecular complexity index is 637. The van der Waals surface area contributed by atoms with Crippen molar-refractivity contribution in [2.75, 3.05) is 0 Å². The normalized spacial score (nSPS) is 10.6. The third-order valence-electron chi connectivity index (χ3n) is 2.45. The number of hydrogen-bond acceptors (Lipinski definition) is 4. The van der Waals surface area contributed by atoms with Crippen LogP contribution in [0.2, 0.25) is 0 Å². The minimum atomic E-state index is -0.799. The summed E-state index contributed by atoms with van der Waals surface area (Å²) in [6.07, 6.45) is 0. The Labute approximate surface area is 91.1 Å². The molecule has 2 rings (SSSR count). The number of fused-ring (bicyclic) bond motifs is 1. The molecule has 1 heterocycles. The van der Waals surface area contributed by atoms with Crippen molar-refractivity contribution in [3.05, 3.63) is 39.7 Å². The third kappa shape index (κ3) is 1.39. The van der Waals surface area contributed by atoms with Crippen molar-refractivity contribution >= 4 is 16.8 Å². The van der Waals surface area contributed by atoms with Crippen LogP contribution >= 0.6 is 0 Å². The summed E-state index contributed by atoms with van der Waals surface area (Å²) in [5, 5.41) is 10.2. The maximum atomic E-state index is 11.5. The van der Waals surface area contributed by atoms with Gasteiger partial charge in [-0.05, 0) is 25.5 Å². The molecule has 0 atom stereocenters. The number of aryl methyl sites for hydroxylation is 1. The summed E-state index contributed by atoms with van der Waals surface area (Å²) >= 11 is 0. The molecule has 1 aromatic heterocycles. The van der Waals surface area contributed by atoms with Crippen molar-refractivity contribution in [2.45, 2.75) is 13.8 Å². The van der Waals surface area contributed by atoms with Gasteiger partial charge in [-0.15, -0.1) is 0 Å². The molecule has 0 bridgehead atoms. The molecule has 0 spiro atoms. The number of hydrogen-bond donors (Lipinski definition) is 1. The van der Waals surface area contributed by atoms with E-state index in [1.165, 1.54) is 6.92 Å². The molecule has 0 aliphatic rings. The van der Waals surface area contributed by atoms with E-state index in [9.17, 15) is 14.7 Å². The Kier molecular flexibility index (Phi) is 2.27. The smallest absolute Gasteiger partial charge is 0.351 e. The highest BCUT2D eigenvalue weighted by molar-refractivity contribution is 6.01. The van der Waals surface area contributed by atoms with E-state index in [1.807, 2.05) is 0 Å². The van der Waals surface area contributed by atoms with E-state index in [4.69, 9.17) is 4.42 Å². The molecular weight excluding hydrogens is 208 g/mol. The maximum Gasteiger partial charge on any atom is 0.351 e. The molecule has 82 valence electrons. The van der Waals surface area contributed by atoms with Crippen LogP contribution in [0.25, 0.3) is 11.0 Å².